The zero-order chi connectivity index (χ0) is 15.0. The van der Waals surface area contributed by atoms with E-state index in [1.807, 2.05) is 6.92 Å². The van der Waals surface area contributed by atoms with Gasteiger partial charge in [-0.05, 0) is 50.4 Å². The first-order chi connectivity index (χ1) is 9.32. The van der Waals surface area contributed by atoms with Crippen molar-refractivity contribution in [2.75, 3.05) is 0 Å². The molecule has 1 atom stereocenters. The summed E-state index contributed by atoms with van der Waals surface area (Å²) in [5.41, 5.74) is 1.89. The van der Waals surface area contributed by atoms with Gasteiger partial charge in [-0.1, -0.05) is 6.07 Å². The Hall–Kier alpha value is -0.790. The quantitative estimate of drug-likeness (QED) is 0.782. The minimum Gasteiger partial charge on any atom is -0.388 e. The molecule has 1 aromatic carbocycles. The number of halogens is 4. The molecule has 0 bridgehead atoms. The van der Waals surface area contributed by atoms with Gasteiger partial charge in [-0.15, -0.1) is 0 Å². The molecule has 2 rings (SSSR count). The zero-order valence-electron chi connectivity index (χ0n) is 10.8. The fraction of sp³-hybridized carbons (Fsp3) is 0.308. The molecule has 1 heterocycles. The summed E-state index contributed by atoms with van der Waals surface area (Å²) in [5.74, 6) is -1.95. The summed E-state index contributed by atoms with van der Waals surface area (Å²) < 4.78 is 29.0. The van der Waals surface area contributed by atoms with Crippen molar-refractivity contribution >= 4 is 31.9 Å². The van der Waals surface area contributed by atoms with Gasteiger partial charge in [-0.25, -0.2) is 8.78 Å². The van der Waals surface area contributed by atoms with Crippen LogP contribution in [0.2, 0.25) is 0 Å². The van der Waals surface area contributed by atoms with Crippen LogP contribution in [-0.2, 0) is 13.5 Å². The topological polar surface area (TPSA) is 38.0 Å². The van der Waals surface area contributed by atoms with Gasteiger partial charge < -0.3 is 5.11 Å². The molecule has 0 aliphatic heterocycles. The monoisotopic (exact) mass is 408 g/mol. The van der Waals surface area contributed by atoms with E-state index in [2.05, 4.69) is 37.0 Å². The molecule has 20 heavy (non-hydrogen) atoms. The maximum absolute atomic E-state index is 13.5. The molecule has 1 N–H and O–H groups in total. The van der Waals surface area contributed by atoms with E-state index in [4.69, 9.17) is 0 Å². The predicted molar refractivity (Wildman–Crippen MR) is 78.4 cm³/mol. The Bertz CT molecular complexity index is 658. The highest BCUT2D eigenvalue weighted by molar-refractivity contribution is 9.10. The minimum atomic E-state index is -0.998. The summed E-state index contributed by atoms with van der Waals surface area (Å²) in [7, 11) is 1.76. The molecule has 0 saturated heterocycles. The molecule has 0 spiro atoms. The van der Waals surface area contributed by atoms with Crippen LogP contribution in [0, 0.1) is 18.6 Å². The van der Waals surface area contributed by atoms with Crippen molar-refractivity contribution in [3.05, 3.63) is 49.7 Å². The number of aliphatic hydroxyl groups excluding tert-OH is 1. The molecule has 0 amide bonds. The summed E-state index contributed by atoms with van der Waals surface area (Å²) in [6, 6.07) is 2.37. The van der Waals surface area contributed by atoms with Crippen molar-refractivity contribution < 1.29 is 13.9 Å². The number of aliphatic hydroxyl groups is 1. The molecule has 0 aliphatic carbocycles. The Balaban J connectivity index is 2.33. The molecule has 0 fully saturated rings. The van der Waals surface area contributed by atoms with Crippen molar-refractivity contribution in [2.45, 2.75) is 19.4 Å². The van der Waals surface area contributed by atoms with Crippen molar-refractivity contribution in [1.29, 1.82) is 0 Å². The molecule has 7 heteroatoms. The first kappa shape index (κ1) is 15.6. The lowest BCUT2D eigenvalue weighted by atomic mass is 10.0. The molecular weight excluding hydrogens is 398 g/mol. The van der Waals surface area contributed by atoms with Crippen LogP contribution in [0.1, 0.15) is 23.1 Å². The van der Waals surface area contributed by atoms with Gasteiger partial charge in [0.1, 0.15) is 0 Å². The second-order valence-corrected chi connectivity index (χ2v) is 6.04. The van der Waals surface area contributed by atoms with Gasteiger partial charge in [0.2, 0.25) is 0 Å². The summed E-state index contributed by atoms with van der Waals surface area (Å²) in [4.78, 5) is 0. The van der Waals surface area contributed by atoms with Gasteiger partial charge in [0, 0.05) is 13.5 Å². The van der Waals surface area contributed by atoms with Crippen molar-refractivity contribution in [3.63, 3.8) is 0 Å². The van der Waals surface area contributed by atoms with Crippen LogP contribution < -0.4 is 0 Å². The lowest BCUT2D eigenvalue weighted by Crippen LogP contribution is -2.08. The van der Waals surface area contributed by atoms with Gasteiger partial charge in [-0.3, -0.25) is 4.68 Å². The highest BCUT2D eigenvalue weighted by Crippen LogP contribution is 2.31. The van der Waals surface area contributed by atoms with Crippen LogP contribution >= 0.6 is 31.9 Å². The fourth-order valence-corrected chi connectivity index (χ4v) is 3.08. The number of hydrogen-bond donors (Lipinski definition) is 1. The summed E-state index contributed by atoms with van der Waals surface area (Å²) in [6.07, 6.45) is -0.729. The predicted octanol–water partition coefficient (Wildman–Crippen LogP) is 3.81. The molecule has 0 saturated carbocycles. The maximum atomic E-state index is 13.5. The van der Waals surface area contributed by atoms with E-state index in [0.29, 0.717) is 5.56 Å². The number of nitrogens with zero attached hydrogens (tertiary/aromatic N) is 2. The third-order valence-corrected chi connectivity index (χ3v) is 4.91. The van der Waals surface area contributed by atoms with Crippen molar-refractivity contribution in [3.8, 4) is 0 Å². The number of rotatable bonds is 3. The van der Waals surface area contributed by atoms with Crippen LogP contribution in [0.5, 0.6) is 0 Å². The first-order valence-corrected chi connectivity index (χ1v) is 7.41. The number of hydrogen-bond acceptors (Lipinski definition) is 2. The summed E-state index contributed by atoms with van der Waals surface area (Å²) in [6.45, 7) is 1.84. The fourth-order valence-electron chi connectivity index (χ4n) is 1.99. The molecular formula is C13H12Br2F2N2O. The Morgan fingerprint density at radius 3 is 2.50 bits per heavy atom. The second kappa shape index (κ2) is 5.91. The van der Waals surface area contributed by atoms with E-state index < -0.39 is 17.7 Å². The molecule has 2 aromatic rings. The van der Waals surface area contributed by atoms with E-state index >= 15 is 0 Å². The maximum Gasteiger partial charge on any atom is 0.173 e. The number of aromatic nitrogens is 2. The second-order valence-electron chi connectivity index (χ2n) is 4.45. The molecule has 0 aliphatic rings. The van der Waals surface area contributed by atoms with Crippen LogP contribution in [-0.4, -0.2) is 14.9 Å². The highest BCUT2D eigenvalue weighted by atomic mass is 79.9. The largest absolute Gasteiger partial charge is 0.388 e. The molecule has 1 aromatic heterocycles. The molecule has 1 unspecified atom stereocenters. The van der Waals surface area contributed by atoms with Crippen LogP contribution in [0.3, 0.4) is 0 Å². The Labute approximate surface area is 131 Å². The van der Waals surface area contributed by atoms with E-state index in [0.717, 1.165) is 21.9 Å². The van der Waals surface area contributed by atoms with E-state index in [9.17, 15) is 13.9 Å². The summed E-state index contributed by atoms with van der Waals surface area (Å²) >= 11 is 6.38. The summed E-state index contributed by atoms with van der Waals surface area (Å²) in [5, 5.41) is 14.5. The lowest BCUT2D eigenvalue weighted by molar-refractivity contribution is 0.174. The van der Waals surface area contributed by atoms with Gasteiger partial charge in [0.25, 0.3) is 0 Å². The third-order valence-electron chi connectivity index (χ3n) is 3.07. The Morgan fingerprint density at radius 2 is 1.95 bits per heavy atom. The van der Waals surface area contributed by atoms with E-state index in [1.165, 1.54) is 6.07 Å². The smallest absolute Gasteiger partial charge is 0.173 e. The number of aryl methyl sites for hydroxylation is 2. The first-order valence-electron chi connectivity index (χ1n) is 5.82. The highest BCUT2D eigenvalue weighted by Gasteiger charge is 2.21. The zero-order valence-corrected chi connectivity index (χ0v) is 14.0. The van der Waals surface area contributed by atoms with Crippen LogP contribution in [0.4, 0.5) is 8.78 Å². The third kappa shape index (κ3) is 2.80. The average molecular weight is 410 g/mol. The van der Waals surface area contributed by atoms with Gasteiger partial charge in [0.15, 0.2) is 11.6 Å². The lowest BCUT2D eigenvalue weighted by Gasteiger charge is -2.14. The Morgan fingerprint density at radius 1 is 1.30 bits per heavy atom. The molecule has 3 nitrogen and oxygen atoms in total. The average Bonchev–Trinajstić information content (AvgIpc) is 2.62. The number of benzene rings is 1. The van der Waals surface area contributed by atoms with Gasteiger partial charge in [-0.2, -0.15) is 5.10 Å². The van der Waals surface area contributed by atoms with Crippen LogP contribution in [0.25, 0.3) is 0 Å². The van der Waals surface area contributed by atoms with Crippen molar-refractivity contribution in [1.82, 2.24) is 9.78 Å². The molecule has 0 radical (unpaired) electrons. The van der Waals surface area contributed by atoms with Gasteiger partial charge in [0.05, 0.1) is 26.4 Å². The molecule has 108 valence electrons. The van der Waals surface area contributed by atoms with Crippen molar-refractivity contribution in [2.24, 2.45) is 7.05 Å². The van der Waals surface area contributed by atoms with E-state index in [-0.39, 0.29) is 10.9 Å². The van der Waals surface area contributed by atoms with Crippen LogP contribution in [0.15, 0.2) is 21.1 Å². The van der Waals surface area contributed by atoms with Gasteiger partial charge >= 0.3 is 0 Å². The normalized spacial score (nSPS) is 12.8. The Kier molecular flexibility index (Phi) is 4.61. The minimum absolute atomic E-state index is 0.0555. The SMILES string of the molecule is Cc1nn(C)c(CC(O)c2ccc(F)c(F)c2Br)c1Br. The van der Waals surface area contributed by atoms with E-state index in [1.54, 1.807) is 11.7 Å². The standard InChI is InChI=1S/C13H12Br2F2N2O/c1-6-11(14)9(19(2)18-6)5-10(20)7-3-4-8(16)13(17)12(7)15/h3-4,10,20H,5H2,1-2H3.